The van der Waals surface area contributed by atoms with Crippen molar-refractivity contribution >= 4 is 40.7 Å². The van der Waals surface area contributed by atoms with E-state index < -0.39 is 29.6 Å². The standard InChI is InChI=1S/C56H77N9O7S/c1-38-52(73-37-62-38)42-19-17-39(18-20-42)29-58-54(71)50-28-46(67)35-65(50)55(72)48(56(2,3)4)27-45(66)15-9-7-5-6-8-10-16-51(69)57-22-24-64-31-40(32-64)25-44-26-49(61-36-60-44)53(70)59-30-47(68)34-63-23-21-41-13-11-12-14-43(41)33-63/h11-14,17-20,26,36-37,40,46-48,50,67-68H,5-10,15-16,21-25,27-35H2,1-4H3,(H,57,69)(H,58,71)(H,59,70)/t46-,47+,48-,50+/m1/s1. The lowest BCUT2D eigenvalue weighted by Crippen LogP contribution is -2.50. The number of hydrogen-bond donors (Lipinski definition) is 5. The fourth-order valence-electron chi connectivity index (χ4n) is 10.3. The van der Waals surface area contributed by atoms with Gasteiger partial charge in [0.15, 0.2) is 0 Å². The lowest BCUT2D eigenvalue weighted by Gasteiger charge is -2.39. The summed E-state index contributed by atoms with van der Waals surface area (Å²) in [6, 6.07) is 17.3. The van der Waals surface area contributed by atoms with E-state index in [4.69, 9.17) is 0 Å². The Hall–Kier alpha value is -5.46. The highest BCUT2D eigenvalue weighted by molar-refractivity contribution is 7.13. The fourth-order valence-corrected chi connectivity index (χ4v) is 11.1. The monoisotopic (exact) mass is 1020 g/mol. The van der Waals surface area contributed by atoms with Gasteiger partial charge >= 0.3 is 0 Å². The van der Waals surface area contributed by atoms with Crippen LogP contribution in [-0.2, 0) is 45.1 Å². The predicted molar refractivity (Wildman–Crippen MR) is 282 cm³/mol. The van der Waals surface area contributed by atoms with E-state index in [1.165, 1.54) is 22.4 Å². The minimum absolute atomic E-state index is 0.0293. The number of likely N-dealkylation sites (tertiary alicyclic amines) is 2. The van der Waals surface area contributed by atoms with Crippen LogP contribution in [0, 0.1) is 24.2 Å². The number of amides is 4. The van der Waals surface area contributed by atoms with Gasteiger partial charge in [0, 0.05) is 103 Å². The number of nitrogens with one attached hydrogen (secondary N) is 3. The summed E-state index contributed by atoms with van der Waals surface area (Å²) in [4.78, 5) is 86.3. The molecule has 0 spiro atoms. The lowest BCUT2D eigenvalue weighted by atomic mass is 9.76. The first kappa shape index (κ1) is 55.3. The molecule has 4 atom stereocenters. The van der Waals surface area contributed by atoms with Crippen LogP contribution in [0.25, 0.3) is 10.4 Å². The molecule has 0 aliphatic carbocycles. The molecule has 5 heterocycles. The van der Waals surface area contributed by atoms with Crippen LogP contribution in [0.2, 0.25) is 0 Å². The molecule has 0 unspecified atom stereocenters. The van der Waals surface area contributed by atoms with Crippen LogP contribution >= 0.6 is 11.3 Å². The van der Waals surface area contributed by atoms with Gasteiger partial charge in [-0.1, -0.05) is 95.0 Å². The van der Waals surface area contributed by atoms with Crippen molar-refractivity contribution in [1.29, 1.82) is 0 Å². The molecule has 2 saturated heterocycles. The number of aliphatic hydroxyl groups is 2. The van der Waals surface area contributed by atoms with E-state index >= 15 is 0 Å². The van der Waals surface area contributed by atoms with Crippen molar-refractivity contribution in [2.45, 2.75) is 136 Å². The summed E-state index contributed by atoms with van der Waals surface area (Å²) in [5.74, 6) is -1.02. The Morgan fingerprint density at radius 2 is 1.58 bits per heavy atom. The molecule has 2 aromatic carbocycles. The molecule has 394 valence electrons. The van der Waals surface area contributed by atoms with Crippen molar-refractivity contribution < 1.29 is 34.2 Å². The van der Waals surface area contributed by atoms with Crippen LogP contribution < -0.4 is 16.0 Å². The molecule has 17 heteroatoms. The zero-order valence-corrected chi connectivity index (χ0v) is 44.1. The van der Waals surface area contributed by atoms with Gasteiger partial charge in [-0.2, -0.15) is 0 Å². The van der Waals surface area contributed by atoms with E-state index in [0.717, 1.165) is 111 Å². The predicted octanol–water partition coefficient (Wildman–Crippen LogP) is 5.67. The molecule has 73 heavy (non-hydrogen) atoms. The number of aromatic nitrogens is 3. The number of aryl methyl sites for hydroxylation is 1. The number of carbonyl (C=O) groups is 5. The molecular weight excluding hydrogens is 943 g/mol. The van der Waals surface area contributed by atoms with Crippen LogP contribution in [0.15, 0.2) is 66.4 Å². The second-order valence-electron chi connectivity index (χ2n) is 21.6. The summed E-state index contributed by atoms with van der Waals surface area (Å²) in [5.41, 5.74) is 8.02. The second kappa shape index (κ2) is 26.7. The van der Waals surface area contributed by atoms with E-state index in [0.29, 0.717) is 44.1 Å². The largest absolute Gasteiger partial charge is 0.391 e. The first-order valence-corrected chi connectivity index (χ1v) is 27.3. The van der Waals surface area contributed by atoms with Crippen molar-refractivity contribution in [1.82, 2.24) is 45.6 Å². The third-order valence-corrected chi connectivity index (χ3v) is 15.6. The smallest absolute Gasteiger partial charge is 0.270 e. The highest BCUT2D eigenvalue weighted by Crippen LogP contribution is 2.34. The summed E-state index contributed by atoms with van der Waals surface area (Å²) in [5, 5.41) is 30.1. The molecule has 2 aromatic heterocycles. The molecule has 16 nitrogen and oxygen atoms in total. The van der Waals surface area contributed by atoms with Gasteiger partial charge in [-0.3, -0.25) is 28.9 Å². The van der Waals surface area contributed by atoms with E-state index in [9.17, 15) is 34.2 Å². The van der Waals surface area contributed by atoms with Crippen molar-refractivity contribution in [2.75, 3.05) is 52.4 Å². The van der Waals surface area contributed by atoms with Crippen LogP contribution in [0.3, 0.4) is 0 Å². The van der Waals surface area contributed by atoms with Crippen molar-refractivity contribution in [3.8, 4) is 10.4 Å². The molecule has 4 aromatic rings. The highest BCUT2D eigenvalue weighted by atomic mass is 32.1. The zero-order chi connectivity index (χ0) is 51.9. The summed E-state index contributed by atoms with van der Waals surface area (Å²) >= 11 is 1.58. The molecule has 0 radical (unpaired) electrons. The topological polar surface area (TPSA) is 210 Å². The number of fused-ring (bicyclic) bond motifs is 1. The average molecular weight is 1020 g/mol. The quantitative estimate of drug-likeness (QED) is 0.0483. The van der Waals surface area contributed by atoms with Gasteiger partial charge in [0.1, 0.15) is 23.8 Å². The maximum Gasteiger partial charge on any atom is 0.270 e. The molecule has 2 fully saturated rings. The fraction of sp³-hybridized carbons (Fsp3) is 0.571. The van der Waals surface area contributed by atoms with Gasteiger partial charge in [-0.05, 0) is 72.3 Å². The van der Waals surface area contributed by atoms with Crippen LogP contribution in [0.1, 0.15) is 124 Å². The molecule has 3 aliphatic heterocycles. The molecular formula is C56H77N9O7S. The van der Waals surface area contributed by atoms with E-state index in [1.54, 1.807) is 17.4 Å². The normalized spacial score (nSPS) is 18.1. The van der Waals surface area contributed by atoms with Crippen LogP contribution in [0.4, 0.5) is 0 Å². The first-order valence-electron chi connectivity index (χ1n) is 26.4. The Morgan fingerprint density at radius 3 is 2.30 bits per heavy atom. The number of unbranched alkanes of at least 4 members (excludes halogenated alkanes) is 5. The Labute approximate surface area is 435 Å². The Kier molecular flexibility index (Phi) is 20.2. The minimum atomic E-state index is -0.816. The summed E-state index contributed by atoms with van der Waals surface area (Å²) < 4.78 is 0. The van der Waals surface area contributed by atoms with Crippen molar-refractivity contribution in [2.24, 2.45) is 17.3 Å². The maximum absolute atomic E-state index is 14.1. The molecule has 4 amide bonds. The van der Waals surface area contributed by atoms with Crippen LogP contribution in [0.5, 0.6) is 0 Å². The Balaban J connectivity index is 0.703. The Morgan fingerprint density at radius 1 is 0.849 bits per heavy atom. The second-order valence-corrected chi connectivity index (χ2v) is 22.4. The van der Waals surface area contributed by atoms with Gasteiger partial charge in [0.05, 0.1) is 28.3 Å². The van der Waals surface area contributed by atoms with Gasteiger partial charge in [0.2, 0.25) is 17.7 Å². The maximum atomic E-state index is 14.1. The molecule has 0 saturated carbocycles. The van der Waals surface area contributed by atoms with E-state index in [1.807, 2.05) is 63.5 Å². The third kappa shape index (κ3) is 16.5. The number of Topliss-reactive ketones (excluding diaryl/α,β-unsaturated/α-hetero) is 1. The van der Waals surface area contributed by atoms with Crippen molar-refractivity contribution in [3.63, 3.8) is 0 Å². The highest BCUT2D eigenvalue weighted by Gasteiger charge is 2.44. The number of aliphatic hydroxyl groups excluding tert-OH is 2. The van der Waals surface area contributed by atoms with Gasteiger partial charge in [-0.15, -0.1) is 11.3 Å². The lowest BCUT2D eigenvalue weighted by molar-refractivity contribution is -0.146. The number of ketones is 1. The number of carbonyl (C=O) groups excluding carboxylic acids is 5. The Bertz CT molecular complexity index is 2470. The molecule has 5 N–H and O–H groups in total. The van der Waals surface area contributed by atoms with Gasteiger partial charge in [-0.25, -0.2) is 15.0 Å². The number of thiazole rings is 1. The molecule has 0 bridgehead atoms. The van der Waals surface area contributed by atoms with Gasteiger partial charge < -0.3 is 36.0 Å². The van der Waals surface area contributed by atoms with E-state index in [-0.39, 0.29) is 55.3 Å². The number of nitrogens with zero attached hydrogens (tertiary/aromatic N) is 6. The third-order valence-electron chi connectivity index (χ3n) is 14.6. The SMILES string of the molecule is Cc1ncsc1-c1ccc(CNC(=O)[C@@H]2C[C@@H](O)CN2C(=O)[C@@H](CC(=O)CCCCCCCCC(=O)NCCN2CC(Cc3cc(C(=O)NC[C@H](O)CN4CCc5ccccc5C4)ncn3)C2)C(C)(C)C)cc1. The minimum Gasteiger partial charge on any atom is -0.391 e. The average Bonchev–Trinajstić information content (AvgIpc) is 3.98. The number of benzene rings is 2. The molecule has 7 rings (SSSR count). The summed E-state index contributed by atoms with van der Waals surface area (Å²) in [7, 11) is 0. The number of hydrogen-bond acceptors (Lipinski definition) is 13. The van der Waals surface area contributed by atoms with E-state index in [2.05, 4.69) is 58.9 Å². The van der Waals surface area contributed by atoms with Crippen molar-refractivity contribution in [3.05, 3.63) is 100 Å². The number of β-amino-alcohol motifs (C(OH)–C–C–N with tert-alkyl or cyclic N) is 2. The zero-order valence-electron chi connectivity index (χ0n) is 43.3. The first-order chi connectivity index (χ1) is 35.1. The molecule has 3 aliphatic rings. The summed E-state index contributed by atoms with van der Waals surface area (Å²) in [6.45, 7) is 13.6. The summed E-state index contributed by atoms with van der Waals surface area (Å²) in [6.07, 6.45) is 8.06. The number of rotatable bonds is 26. The van der Waals surface area contributed by atoms with Crippen LogP contribution in [-0.4, -0.2) is 140 Å². The van der Waals surface area contributed by atoms with Gasteiger partial charge in [0.25, 0.3) is 5.91 Å².